The highest BCUT2D eigenvalue weighted by molar-refractivity contribution is 6.00. The summed E-state index contributed by atoms with van der Waals surface area (Å²) in [5.74, 6) is -1.07. The van der Waals surface area contributed by atoms with Gasteiger partial charge in [-0.2, -0.15) is 13.2 Å². The molecule has 0 saturated carbocycles. The van der Waals surface area contributed by atoms with E-state index in [9.17, 15) is 18.0 Å². The van der Waals surface area contributed by atoms with Gasteiger partial charge in [0.15, 0.2) is 0 Å². The standard InChI is InChI=1S/C16H13F3N4O/c1-9-3-2-4-10(7-9)20-15(24)21-11-5-6-12-13(8-11)23-14(22-12)16(17,18)19/h2-8H,1H3,(H,22,23)(H2,20,21,24). The lowest BCUT2D eigenvalue weighted by Crippen LogP contribution is -2.19. The summed E-state index contributed by atoms with van der Waals surface area (Å²) in [6.45, 7) is 1.90. The molecule has 1 aromatic heterocycles. The van der Waals surface area contributed by atoms with E-state index < -0.39 is 18.0 Å². The number of hydrogen-bond donors (Lipinski definition) is 3. The molecule has 0 atom stereocenters. The lowest BCUT2D eigenvalue weighted by atomic mass is 10.2. The van der Waals surface area contributed by atoms with Gasteiger partial charge in [-0.25, -0.2) is 9.78 Å². The fourth-order valence-electron chi connectivity index (χ4n) is 2.24. The minimum absolute atomic E-state index is 0.173. The lowest BCUT2D eigenvalue weighted by Gasteiger charge is -2.08. The highest BCUT2D eigenvalue weighted by atomic mass is 19.4. The summed E-state index contributed by atoms with van der Waals surface area (Å²) >= 11 is 0. The van der Waals surface area contributed by atoms with Gasteiger partial charge in [-0.15, -0.1) is 0 Å². The number of anilines is 2. The molecular formula is C16H13F3N4O. The van der Waals surface area contributed by atoms with Crippen LogP contribution in [0.25, 0.3) is 11.0 Å². The predicted octanol–water partition coefficient (Wildman–Crippen LogP) is 4.53. The fraction of sp³-hybridized carbons (Fsp3) is 0.125. The van der Waals surface area contributed by atoms with Crippen LogP contribution in [0.1, 0.15) is 11.4 Å². The van der Waals surface area contributed by atoms with Crippen LogP contribution in [-0.4, -0.2) is 16.0 Å². The van der Waals surface area contributed by atoms with Crippen LogP contribution in [0.15, 0.2) is 42.5 Å². The van der Waals surface area contributed by atoms with Crippen LogP contribution in [0.4, 0.5) is 29.3 Å². The molecule has 24 heavy (non-hydrogen) atoms. The van der Waals surface area contributed by atoms with Crippen molar-refractivity contribution in [2.75, 3.05) is 10.6 Å². The molecule has 0 bridgehead atoms. The number of carbonyl (C=O) groups is 1. The van der Waals surface area contributed by atoms with Crippen molar-refractivity contribution in [1.29, 1.82) is 0 Å². The smallest absolute Gasteiger partial charge is 0.334 e. The number of hydrogen-bond acceptors (Lipinski definition) is 2. The number of nitrogens with zero attached hydrogens (tertiary/aromatic N) is 1. The van der Waals surface area contributed by atoms with Gasteiger partial charge in [0, 0.05) is 11.4 Å². The summed E-state index contributed by atoms with van der Waals surface area (Å²) in [5, 5.41) is 5.22. The largest absolute Gasteiger partial charge is 0.449 e. The molecule has 0 saturated heterocycles. The Hall–Kier alpha value is -3.03. The molecule has 0 unspecified atom stereocenters. The van der Waals surface area contributed by atoms with Crippen LogP contribution in [0.3, 0.4) is 0 Å². The molecule has 0 fully saturated rings. The van der Waals surface area contributed by atoms with Crippen molar-refractivity contribution in [3.05, 3.63) is 53.9 Å². The van der Waals surface area contributed by atoms with Gasteiger partial charge in [0.2, 0.25) is 5.82 Å². The SMILES string of the molecule is Cc1cccc(NC(=O)Nc2ccc3nc(C(F)(F)F)[nH]c3c2)c1. The summed E-state index contributed by atoms with van der Waals surface area (Å²) < 4.78 is 37.9. The molecule has 0 aliphatic rings. The third kappa shape index (κ3) is 3.48. The first-order valence-corrected chi connectivity index (χ1v) is 7.03. The number of H-pyrrole nitrogens is 1. The molecule has 0 aliphatic carbocycles. The normalized spacial score (nSPS) is 11.5. The Balaban J connectivity index is 1.76. The first kappa shape index (κ1) is 15.9. The third-order valence-corrected chi connectivity index (χ3v) is 3.28. The van der Waals surface area contributed by atoms with Crippen molar-refractivity contribution >= 4 is 28.4 Å². The number of urea groups is 1. The number of alkyl halides is 3. The van der Waals surface area contributed by atoms with Gasteiger partial charge in [0.05, 0.1) is 11.0 Å². The number of carbonyl (C=O) groups excluding carboxylic acids is 1. The molecule has 3 N–H and O–H groups in total. The molecular weight excluding hydrogens is 321 g/mol. The second-order valence-corrected chi connectivity index (χ2v) is 5.26. The van der Waals surface area contributed by atoms with Crippen molar-refractivity contribution in [1.82, 2.24) is 9.97 Å². The first-order chi connectivity index (χ1) is 11.3. The van der Waals surface area contributed by atoms with E-state index in [1.165, 1.54) is 18.2 Å². The van der Waals surface area contributed by atoms with E-state index >= 15 is 0 Å². The molecule has 1 heterocycles. The Labute approximate surface area is 134 Å². The van der Waals surface area contributed by atoms with Crippen LogP contribution in [-0.2, 0) is 6.18 Å². The molecule has 3 aromatic rings. The third-order valence-electron chi connectivity index (χ3n) is 3.28. The zero-order valence-electron chi connectivity index (χ0n) is 12.5. The van der Waals surface area contributed by atoms with Crippen LogP contribution in [0.2, 0.25) is 0 Å². The van der Waals surface area contributed by atoms with Gasteiger partial charge >= 0.3 is 12.2 Å². The molecule has 5 nitrogen and oxygen atoms in total. The quantitative estimate of drug-likeness (QED) is 0.644. The number of nitrogens with one attached hydrogen (secondary N) is 3. The topological polar surface area (TPSA) is 69.8 Å². The van der Waals surface area contributed by atoms with Crippen molar-refractivity contribution in [3.63, 3.8) is 0 Å². The number of aryl methyl sites for hydroxylation is 1. The number of halogens is 3. The van der Waals surface area contributed by atoms with Gasteiger partial charge in [-0.3, -0.25) is 0 Å². The van der Waals surface area contributed by atoms with Crippen LogP contribution >= 0.6 is 0 Å². The van der Waals surface area contributed by atoms with Gasteiger partial charge in [0.25, 0.3) is 0 Å². The Morgan fingerprint density at radius 1 is 1.08 bits per heavy atom. The maximum absolute atomic E-state index is 12.6. The van der Waals surface area contributed by atoms with Gasteiger partial charge < -0.3 is 15.6 Å². The second-order valence-electron chi connectivity index (χ2n) is 5.26. The maximum Gasteiger partial charge on any atom is 0.449 e. The van der Waals surface area contributed by atoms with Gasteiger partial charge in [-0.1, -0.05) is 12.1 Å². The summed E-state index contributed by atoms with van der Waals surface area (Å²) in [5.41, 5.74) is 2.33. The van der Waals surface area contributed by atoms with Crippen molar-refractivity contribution < 1.29 is 18.0 Å². The molecule has 2 amide bonds. The van der Waals surface area contributed by atoms with E-state index in [4.69, 9.17) is 0 Å². The van der Waals surface area contributed by atoms with Crippen LogP contribution in [0.5, 0.6) is 0 Å². The molecule has 2 aromatic carbocycles. The van der Waals surface area contributed by atoms with Crippen molar-refractivity contribution in [2.45, 2.75) is 13.1 Å². The van der Waals surface area contributed by atoms with E-state index in [1.807, 2.05) is 13.0 Å². The van der Waals surface area contributed by atoms with E-state index in [1.54, 1.807) is 18.2 Å². The number of rotatable bonds is 2. The number of benzene rings is 2. The molecule has 8 heteroatoms. The number of aromatic amines is 1. The van der Waals surface area contributed by atoms with E-state index in [-0.39, 0.29) is 11.0 Å². The van der Waals surface area contributed by atoms with E-state index in [0.29, 0.717) is 11.4 Å². The minimum Gasteiger partial charge on any atom is -0.334 e. The Morgan fingerprint density at radius 2 is 1.79 bits per heavy atom. The number of fused-ring (bicyclic) bond motifs is 1. The number of amides is 2. The minimum atomic E-state index is -4.55. The Bertz CT molecular complexity index is 902. The molecule has 0 radical (unpaired) electrons. The fourth-order valence-corrected chi connectivity index (χ4v) is 2.24. The zero-order chi connectivity index (χ0) is 17.3. The average molecular weight is 334 g/mol. The Kier molecular flexibility index (Phi) is 3.88. The number of imidazole rings is 1. The molecule has 124 valence electrons. The monoisotopic (exact) mass is 334 g/mol. The summed E-state index contributed by atoms with van der Waals surface area (Å²) in [7, 11) is 0. The maximum atomic E-state index is 12.6. The van der Waals surface area contributed by atoms with Crippen molar-refractivity contribution in [3.8, 4) is 0 Å². The van der Waals surface area contributed by atoms with E-state index in [0.717, 1.165) is 5.56 Å². The summed E-state index contributed by atoms with van der Waals surface area (Å²) in [6.07, 6.45) is -4.55. The highest BCUT2D eigenvalue weighted by Crippen LogP contribution is 2.29. The first-order valence-electron chi connectivity index (χ1n) is 7.03. The molecule has 0 spiro atoms. The Morgan fingerprint density at radius 3 is 2.46 bits per heavy atom. The molecule has 0 aliphatic heterocycles. The van der Waals surface area contributed by atoms with Crippen LogP contribution in [0, 0.1) is 6.92 Å². The highest BCUT2D eigenvalue weighted by Gasteiger charge is 2.34. The van der Waals surface area contributed by atoms with Crippen molar-refractivity contribution in [2.24, 2.45) is 0 Å². The summed E-state index contributed by atoms with van der Waals surface area (Å²) in [6, 6.07) is 11.0. The predicted molar refractivity (Wildman–Crippen MR) is 84.9 cm³/mol. The molecule has 3 rings (SSSR count). The van der Waals surface area contributed by atoms with Gasteiger partial charge in [0.1, 0.15) is 0 Å². The van der Waals surface area contributed by atoms with Crippen LogP contribution < -0.4 is 10.6 Å². The lowest BCUT2D eigenvalue weighted by molar-refractivity contribution is -0.144. The second kappa shape index (κ2) is 5.88. The number of aromatic nitrogens is 2. The summed E-state index contributed by atoms with van der Waals surface area (Å²) in [4.78, 5) is 17.6. The van der Waals surface area contributed by atoms with Gasteiger partial charge in [-0.05, 0) is 42.8 Å². The van der Waals surface area contributed by atoms with E-state index in [2.05, 4.69) is 20.6 Å². The zero-order valence-corrected chi connectivity index (χ0v) is 12.5. The average Bonchev–Trinajstić information content (AvgIpc) is 2.90.